The molecule has 0 radical (unpaired) electrons. The minimum atomic E-state index is 0.664. The molecule has 1 atom stereocenters. The lowest BCUT2D eigenvalue weighted by molar-refractivity contribution is 0.728. The summed E-state index contributed by atoms with van der Waals surface area (Å²) in [6, 6.07) is 0.664. The van der Waals surface area contributed by atoms with Crippen LogP contribution in [0.5, 0.6) is 0 Å². The Morgan fingerprint density at radius 3 is 3.00 bits per heavy atom. The molecule has 1 N–H and O–H groups in total. The smallest absolute Gasteiger partial charge is 0.186 e. The van der Waals surface area contributed by atoms with Crippen molar-refractivity contribution in [3.8, 4) is 0 Å². The van der Waals surface area contributed by atoms with Crippen molar-refractivity contribution in [3.05, 3.63) is 10.6 Å². The van der Waals surface area contributed by atoms with Crippen molar-refractivity contribution in [2.45, 2.75) is 46.2 Å². The lowest BCUT2D eigenvalue weighted by Gasteiger charge is -2.19. The van der Waals surface area contributed by atoms with Crippen molar-refractivity contribution in [1.29, 1.82) is 0 Å². The second-order valence-corrected chi connectivity index (χ2v) is 5.53. The van der Waals surface area contributed by atoms with Crippen LogP contribution in [0.1, 0.15) is 37.3 Å². The van der Waals surface area contributed by atoms with Crippen LogP contribution in [0.25, 0.3) is 0 Å². The Labute approximate surface area is 102 Å². The molecule has 1 aliphatic heterocycles. The Kier molecular flexibility index (Phi) is 3.82. The third-order valence-corrected chi connectivity index (χ3v) is 4.41. The van der Waals surface area contributed by atoms with E-state index in [4.69, 9.17) is 4.98 Å². The summed E-state index contributed by atoms with van der Waals surface area (Å²) in [5.41, 5.74) is 1.19. The fraction of sp³-hybridized carbons (Fsp3) is 0.750. The molecule has 1 unspecified atom stereocenters. The average Bonchev–Trinajstić information content (AvgIpc) is 2.82. The van der Waals surface area contributed by atoms with Crippen molar-refractivity contribution < 1.29 is 0 Å². The Morgan fingerprint density at radius 2 is 2.38 bits per heavy atom. The summed E-state index contributed by atoms with van der Waals surface area (Å²) < 4.78 is 0. The summed E-state index contributed by atoms with van der Waals surface area (Å²) in [5.74, 6) is 0. The lowest BCUT2D eigenvalue weighted by Crippen LogP contribution is -2.25. The monoisotopic (exact) mass is 239 g/mol. The summed E-state index contributed by atoms with van der Waals surface area (Å²) in [6.07, 6.45) is 2.61. The van der Waals surface area contributed by atoms with Crippen molar-refractivity contribution in [2.24, 2.45) is 0 Å². The van der Waals surface area contributed by atoms with Crippen LogP contribution in [0.2, 0.25) is 0 Å². The molecule has 4 heteroatoms. The van der Waals surface area contributed by atoms with Gasteiger partial charge in [0, 0.05) is 24.0 Å². The van der Waals surface area contributed by atoms with Crippen LogP contribution in [0.15, 0.2) is 0 Å². The molecule has 1 aromatic rings. The predicted octanol–water partition coefficient (Wildman–Crippen LogP) is 2.55. The summed E-state index contributed by atoms with van der Waals surface area (Å²) in [6.45, 7) is 9.71. The molecule has 1 aromatic heterocycles. The molecule has 0 aliphatic carbocycles. The third kappa shape index (κ3) is 2.38. The second kappa shape index (κ2) is 5.15. The molecule has 0 saturated carbocycles. The lowest BCUT2D eigenvalue weighted by atomic mass is 10.2. The summed E-state index contributed by atoms with van der Waals surface area (Å²) in [4.78, 5) is 8.54. The molecule has 3 nitrogen and oxygen atoms in total. The highest BCUT2D eigenvalue weighted by Crippen LogP contribution is 2.31. The average molecular weight is 239 g/mol. The van der Waals surface area contributed by atoms with Gasteiger partial charge in [-0.2, -0.15) is 0 Å². The van der Waals surface area contributed by atoms with E-state index >= 15 is 0 Å². The Balaban J connectivity index is 2.10. The van der Waals surface area contributed by atoms with E-state index < -0.39 is 0 Å². The van der Waals surface area contributed by atoms with E-state index in [0.29, 0.717) is 6.04 Å². The maximum atomic E-state index is 4.70. The highest BCUT2D eigenvalue weighted by Gasteiger charge is 2.23. The van der Waals surface area contributed by atoms with Crippen LogP contribution in [0.3, 0.4) is 0 Å². The summed E-state index contributed by atoms with van der Waals surface area (Å²) in [5, 5.41) is 4.59. The molecular weight excluding hydrogens is 218 g/mol. The van der Waals surface area contributed by atoms with Crippen LogP contribution < -0.4 is 10.2 Å². The highest BCUT2D eigenvalue weighted by molar-refractivity contribution is 7.15. The molecule has 1 aliphatic rings. The molecule has 1 fully saturated rings. The Morgan fingerprint density at radius 1 is 1.56 bits per heavy atom. The van der Waals surface area contributed by atoms with Crippen LogP contribution in [0, 0.1) is 6.92 Å². The highest BCUT2D eigenvalue weighted by atomic mass is 32.1. The van der Waals surface area contributed by atoms with Gasteiger partial charge in [0.2, 0.25) is 0 Å². The zero-order valence-electron chi connectivity index (χ0n) is 10.4. The zero-order chi connectivity index (χ0) is 11.5. The van der Waals surface area contributed by atoms with Gasteiger partial charge in [0.25, 0.3) is 0 Å². The number of nitrogens with one attached hydrogen (secondary N) is 1. The zero-order valence-corrected chi connectivity index (χ0v) is 11.2. The van der Waals surface area contributed by atoms with E-state index in [1.54, 1.807) is 0 Å². The van der Waals surface area contributed by atoms with Gasteiger partial charge < -0.3 is 10.2 Å². The van der Waals surface area contributed by atoms with Crippen molar-refractivity contribution >= 4 is 16.5 Å². The molecule has 0 spiro atoms. The van der Waals surface area contributed by atoms with Crippen molar-refractivity contribution in [3.63, 3.8) is 0 Å². The molecule has 0 bridgehead atoms. The predicted molar refractivity (Wildman–Crippen MR) is 70.3 cm³/mol. The van der Waals surface area contributed by atoms with Crippen molar-refractivity contribution in [1.82, 2.24) is 10.3 Å². The van der Waals surface area contributed by atoms with Gasteiger partial charge in [0.15, 0.2) is 5.13 Å². The SMILES string of the molecule is CCNCc1sc(N2CCCC2C)nc1C. The first-order chi connectivity index (χ1) is 7.72. The number of rotatable bonds is 4. The number of nitrogens with zero attached hydrogens (tertiary/aromatic N) is 2. The van der Waals surface area contributed by atoms with E-state index in [-0.39, 0.29) is 0 Å². The number of aromatic nitrogens is 1. The van der Waals surface area contributed by atoms with Gasteiger partial charge in [-0.25, -0.2) is 4.98 Å². The van der Waals surface area contributed by atoms with Gasteiger partial charge in [-0.15, -0.1) is 11.3 Å². The van der Waals surface area contributed by atoms with E-state index in [2.05, 4.69) is 31.0 Å². The number of thiazole rings is 1. The van der Waals surface area contributed by atoms with Crippen LogP contribution in [-0.4, -0.2) is 24.1 Å². The molecule has 1 saturated heterocycles. The molecule has 0 aromatic carbocycles. The number of hydrogen-bond donors (Lipinski definition) is 1. The summed E-state index contributed by atoms with van der Waals surface area (Å²) in [7, 11) is 0. The molecule has 16 heavy (non-hydrogen) atoms. The second-order valence-electron chi connectivity index (χ2n) is 4.47. The van der Waals surface area contributed by atoms with E-state index in [0.717, 1.165) is 13.1 Å². The maximum absolute atomic E-state index is 4.70. The molecular formula is C12H21N3S. The third-order valence-electron chi connectivity index (χ3n) is 3.22. The fourth-order valence-corrected chi connectivity index (χ4v) is 3.31. The number of aryl methyl sites for hydroxylation is 1. The van der Waals surface area contributed by atoms with Crippen LogP contribution >= 0.6 is 11.3 Å². The topological polar surface area (TPSA) is 28.2 Å². The van der Waals surface area contributed by atoms with Gasteiger partial charge >= 0.3 is 0 Å². The van der Waals surface area contributed by atoms with E-state index in [1.807, 2.05) is 11.3 Å². The quantitative estimate of drug-likeness (QED) is 0.875. The first-order valence-corrected chi connectivity index (χ1v) is 6.97. The molecule has 2 heterocycles. The van der Waals surface area contributed by atoms with Gasteiger partial charge in [-0.3, -0.25) is 0 Å². The Bertz CT molecular complexity index is 348. The fourth-order valence-electron chi connectivity index (χ4n) is 2.16. The van der Waals surface area contributed by atoms with Crippen molar-refractivity contribution in [2.75, 3.05) is 18.0 Å². The van der Waals surface area contributed by atoms with Gasteiger partial charge in [0.05, 0.1) is 5.69 Å². The first-order valence-electron chi connectivity index (χ1n) is 6.16. The minimum absolute atomic E-state index is 0.664. The normalized spacial score (nSPS) is 20.7. The molecule has 90 valence electrons. The van der Waals surface area contributed by atoms with E-state index in [1.165, 1.54) is 35.1 Å². The minimum Gasteiger partial charge on any atom is -0.345 e. The van der Waals surface area contributed by atoms with Gasteiger partial charge in [-0.05, 0) is 33.2 Å². The largest absolute Gasteiger partial charge is 0.345 e. The number of anilines is 1. The first kappa shape index (κ1) is 11.9. The standard InChI is InChI=1S/C12H21N3S/c1-4-13-8-11-10(3)14-12(16-11)15-7-5-6-9(15)2/h9,13H,4-8H2,1-3H3. The van der Waals surface area contributed by atoms with Gasteiger partial charge in [0.1, 0.15) is 0 Å². The van der Waals surface area contributed by atoms with Crippen LogP contribution in [-0.2, 0) is 6.54 Å². The number of hydrogen-bond acceptors (Lipinski definition) is 4. The van der Waals surface area contributed by atoms with E-state index in [9.17, 15) is 0 Å². The summed E-state index contributed by atoms with van der Waals surface area (Å²) >= 11 is 1.85. The molecule has 2 rings (SSSR count). The Hall–Kier alpha value is -0.610. The molecule has 0 amide bonds. The van der Waals surface area contributed by atoms with Gasteiger partial charge in [-0.1, -0.05) is 6.92 Å². The maximum Gasteiger partial charge on any atom is 0.186 e. The van der Waals surface area contributed by atoms with Crippen LogP contribution in [0.4, 0.5) is 5.13 Å².